The minimum atomic E-state index is -4.74. The van der Waals surface area contributed by atoms with Crippen LogP contribution in [0.4, 0.5) is 18.9 Å². The molecule has 1 atom stereocenters. The molecule has 1 saturated carbocycles. The number of halogens is 4. The van der Waals surface area contributed by atoms with E-state index in [9.17, 15) is 28.1 Å². The summed E-state index contributed by atoms with van der Waals surface area (Å²) < 4.78 is 43.4. The van der Waals surface area contributed by atoms with Gasteiger partial charge in [0.25, 0.3) is 5.69 Å². The maximum Gasteiger partial charge on any atom is 0.416 e. The quantitative estimate of drug-likeness (QED) is 0.301. The lowest BCUT2D eigenvalue weighted by Crippen LogP contribution is -2.13. The molecule has 0 radical (unpaired) electrons. The molecule has 0 bridgehead atoms. The average molecular weight is 419 g/mol. The second-order valence-corrected chi connectivity index (χ2v) is 6.55. The van der Waals surface area contributed by atoms with Crippen LogP contribution in [0.25, 0.3) is 0 Å². The molecule has 1 aromatic carbocycles. The minimum Gasteiger partial charge on any atom is -0.361 e. The molecule has 25 heavy (non-hydrogen) atoms. The summed E-state index contributed by atoms with van der Waals surface area (Å²) in [6, 6.07) is 1.83. The van der Waals surface area contributed by atoms with Gasteiger partial charge < -0.3 is 4.52 Å². The molecule has 1 aliphatic carbocycles. The predicted molar refractivity (Wildman–Crippen MR) is 82.6 cm³/mol. The number of benzene rings is 1. The van der Waals surface area contributed by atoms with Crippen molar-refractivity contribution in [1.29, 1.82) is 0 Å². The van der Waals surface area contributed by atoms with Gasteiger partial charge in [-0.25, -0.2) is 0 Å². The maximum absolute atomic E-state index is 12.8. The zero-order valence-electron chi connectivity index (χ0n) is 12.4. The Labute approximate surface area is 147 Å². The van der Waals surface area contributed by atoms with Crippen LogP contribution >= 0.6 is 15.9 Å². The smallest absolute Gasteiger partial charge is 0.361 e. The summed E-state index contributed by atoms with van der Waals surface area (Å²) in [6.45, 7) is 0. The van der Waals surface area contributed by atoms with Gasteiger partial charge in [0, 0.05) is 17.5 Å². The highest BCUT2D eigenvalue weighted by molar-refractivity contribution is 9.09. The van der Waals surface area contributed by atoms with Crippen molar-refractivity contribution in [3.8, 4) is 0 Å². The molecule has 0 amide bonds. The van der Waals surface area contributed by atoms with E-state index in [2.05, 4.69) is 21.1 Å². The fourth-order valence-electron chi connectivity index (χ4n) is 2.45. The Morgan fingerprint density at radius 3 is 2.64 bits per heavy atom. The van der Waals surface area contributed by atoms with Crippen molar-refractivity contribution in [2.24, 2.45) is 0 Å². The number of nitrogens with zero attached hydrogens (tertiary/aromatic N) is 2. The highest BCUT2D eigenvalue weighted by Gasteiger charge is 2.37. The Bertz CT molecular complexity index is 846. The van der Waals surface area contributed by atoms with Crippen LogP contribution in [-0.4, -0.2) is 15.9 Å². The number of hydrogen-bond donors (Lipinski definition) is 0. The zero-order chi connectivity index (χ0) is 18.4. The van der Waals surface area contributed by atoms with E-state index in [1.54, 1.807) is 0 Å². The molecular weight excluding hydrogens is 409 g/mol. The maximum atomic E-state index is 12.8. The molecule has 1 aromatic heterocycles. The lowest BCUT2D eigenvalue weighted by molar-refractivity contribution is -0.385. The predicted octanol–water partition coefficient (Wildman–Crippen LogP) is 4.80. The van der Waals surface area contributed by atoms with Gasteiger partial charge in [-0.1, -0.05) is 21.1 Å². The summed E-state index contributed by atoms with van der Waals surface area (Å²) in [5.41, 5.74) is -2.07. The van der Waals surface area contributed by atoms with E-state index in [0.29, 0.717) is 23.5 Å². The number of alkyl halides is 4. The van der Waals surface area contributed by atoms with E-state index < -0.39 is 38.5 Å². The standard InChI is InChI=1S/C15H10BrF3N2O4/c16-12(10-6-20-25-14(10)7-1-2-7)13(22)9-4-3-8(15(17,18)19)5-11(9)21(23)24/h3-7,12H,1-2H2. The molecular formula is C15H10BrF3N2O4. The molecule has 0 spiro atoms. The summed E-state index contributed by atoms with van der Waals surface area (Å²) >= 11 is 3.16. The average Bonchev–Trinajstić information content (AvgIpc) is 3.29. The monoisotopic (exact) mass is 418 g/mol. The fourth-order valence-corrected chi connectivity index (χ4v) is 3.04. The van der Waals surface area contributed by atoms with Crippen LogP contribution in [0.15, 0.2) is 28.9 Å². The SMILES string of the molecule is O=C(c1ccc(C(F)(F)F)cc1[N+](=O)[O-])C(Br)c1cnoc1C1CC1. The van der Waals surface area contributed by atoms with Gasteiger partial charge in [0.1, 0.15) is 10.6 Å². The van der Waals surface area contributed by atoms with E-state index in [1.165, 1.54) is 6.20 Å². The zero-order valence-corrected chi connectivity index (χ0v) is 14.0. The van der Waals surface area contributed by atoms with E-state index >= 15 is 0 Å². The highest BCUT2D eigenvalue weighted by Crippen LogP contribution is 2.45. The van der Waals surface area contributed by atoms with Gasteiger partial charge in [-0.15, -0.1) is 0 Å². The summed E-state index contributed by atoms with van der Waals surface area (Å²) in [6.07, 6.45) is -1.64. The van der Waals surface area contributed by atoms with Gasteiger partial charge in [-0.2, -0.15) is 13.2 Å². The topological polar surface area (TPSA) is 86.2 Å². The number of carbonyl (C=O) groups excluding carboxylic acids is 1. The van der Waals surface area contributed by atoms with Gasteiger partial charge in [0.15, 0.2) is 5.78 Å². The lowest BCUT2D eigenvalue weighted by atomic mass is 9.99. The molecule has 132 valence electrons. The van der Waals surface area contributed by atoms with Gasteiger partial charge in [0.2, 0.25) is 0 Å². The van der Waals surface area contributed by atoms with Gasteiger partial charge >= 0.3 is 6.18 Å². The van der Waals surface area contributed by atoms with Crippen molar-refractivity contribution in [2.75, 3.05) is 0 Å². The van der Waals surface area contributed by atoms with Gasteiger partial charge in [-0.05, 0) is 25.0 Å². The minimum absolute atomic E-state index is 0.146. The Hall–Kier alpha value is -2.23. The molecule has 0 aliphatic heterocycles. The summed E-state index contributed by atoms with van der Waals surface area (Å²) in [7, 11) is 0. The molecule has 0 N–H and O–H groups in total. The van der Waals surface area contributed by atoms with E-state index in [0.717, 1.165) is 18.9 Å². The third-order valence-corrected chi connectivity index (χ3v) is 4.78. The first-order chi connectivity index (χ1) is 11.7. The highest BCUT2D eigenvalue weighted by atomic mass is 79.9. The van der Waals surface area contributed by atoms with Crippen molar-refractivity contribution < 1.29 is 27.4 Å². The van der Waals surface area contributed by atoms with Crippen molar-refractivity contribution in [3.63, 3.8) is 0 Å². The molecule has 10 heteroatoms. The normalized spacial score (nSPS) is 15.8. The van der Waals surface area contributed by atoms with Crippen LogP contribution in [-0.2, 0) is 6.18 Å². The lowest BCUT2D eigenvalue weighted by Gasteiger charge is -2.11. The third-order valence-electron chi connectivity index (χ3n) is 3.87. The molecule has 2 aromatic rings. The molecule has 1 unspecified atom stereocenters. The number of carbonyl (C=O) groups is 1. The molecule has 0 saturated heterocycles. The Morgan fingerprint density at radius 1 is 1.40 bits per heavy atom. The first-order valence-electron chi connectivity index (χ1n) is 7.18. The largest absolute Gasteiger partial charge is 0.416 e. The molecule has 3 rings (SSSR count). The summed E-state index contributed by atoms with van der Waals surface area (Å²) in [5.74, 6) is -0.0664. The van der Waals surface area contributed by atoms with Crippen molar-refractivity contribution in [3.05, 3.63) is 57.0 Å². The van der Waals surface area contributed by atoms with Crippen LogP contribution < -0.4 is 0 Å². The van der Waals surface area contributed by atoms with E-state index in [4.69, 9.17) is 4.52 Å². The number of ketones is 1. The molecule has 1 fully saturated rings. The van der Waals surface area contributed by atoms with Gasteiger partial charge in [-0.3, -0.25) is 14.9 Å². The van der Waals surface area contributed by atoms with Gasteiger partial charge in [0.05, 0.1) is 22.2 Å². The van der Waals surface area contributed by atoms with Crippen LogP contribution in [0, 0.1) is 10.1 Å². The molecule has 1 heterocycles. The third kappa shape index (κ3) is 3.44. The number of Topliss-reactive ketones (excluding diaryl/α,β-unsaturated/α-hetero) is 1. The number of nitro benzene ring substituents is 1. The van der Waals surface area contributed by atoms with Crippen LogP contribution in [0.1, 0.15) is 50.8 Å². The van der Waals surface area contributed by atoms with Crippen LogP contribution in [0.3, 0.4) is 0 Å². The second-order valence-electron chi connectivity index (χ2n) is 5.63. The second kappa shape index (κ2) is 6.25. The van der Waals surface area contributed by atoms with E-state index in [-0.39, 0.29) is 5.92 Å². The Kier molecular flexibility index (Phi) is 4.40. The first kappa shape index (κ1) is 17.6. The number of hydrogen-bond acceptors (Lipinski definition) is 5. The molecule has 1 aliphatic rings. The number of rotatable bonds is 5. The number of nitro groups is 1. The van der Waals surface area contributed by atoms with Crippen molar-refractivity contribution in [1.82, 2.24) is 5.16 Å². The van der Waals surface area contributed by atoms with Crippen LogP contribution in [0.2, 0.25) is 0 Å². The Balaban J connectivity index is 1.98. The summed E-state index contributed by atoms with van der Waals surface area (Å²) in [4.78, 5) is 21.8. The van der Waals surface area contributed by atoms with Crippen molar-refractivity contribution >= 4 is 27.4 Å². The fraction of sp³-hybridized carbons (Fsp3) is 0.333. The summed E-state index contributed by atoms with van der Waals surface area (Å²) in [5, 5.41) is 14.8. The number of aromatic nitrogens is 1. The van der Waals surface area contributed by atoms with Crippen LogP contribution in [0.5, 0.6) is 0 Å². The molecule has 6 nitrogen and oxygen atoms in total. The Morgan fingerprint density at radius 2 is 2.08 bits per heavy atom. The van der Waals surface area contributed by atoms with Crippen molar-refractivity contribution in [2.45, 2.75) is 29.8 Å². The first-order valence-corrected chi connectivity index (χ1v) is 8.10. The van der Waals surface area contributed by atoms with E-state index in [1.807, 2.05) is 0 Å².